The SMILES string of the molecule is O=C(O)COc1ccc2ccoc2c1. The highest BCUT2D eigenvalue weighted by Crippen LogP contribution is 2.21. The first kappa shape index (κ1) is 8.62. The van der Waals surface area contributed by atoms with Crippen LogP contribution in [0.5, 0.6) is 5.75 Å². The number of carbonyl (C=O) groups is 1. The summed E-state index contributed by atoms with van der Waals surface area (Å²) in [5.41, 5.74) is 0.688. The molecule has 0 spiro atoms. The van der Waals surface area contributed by atoms with E-state index in [0.717, 1.165) is 5.39 Å². The van der Waals surface area contributed by atoms with E-state index < -0.39 is 5.97 Å². The highest BCUT2D eigenvalue weighted by molar-refractivity contribution is 5.78. The minimum atomic E-state index is -0.996. The second-order valence-electron chi connectivity index (χ2n) is 2.80. The molecular weight excluding hydrogens is 184 g/mol. The van der Waals surface area contributed by atoms with Gasteiger partial charge in [-0.3, -0.25) is 0 Å². The van der Waals surface area contributed by atoms with E-state index in [0.29, 0.717) is 11.3 Å². The predicted octanol–water partition coefficient (Wildman–Crippen LogP) is 1.90. The number of carboxylic acids is 1. The van der Waals surface area contributed by atoms with Crippen molar-refractivity contribution in [2.24, 2.45) is 0 Å². The van der Waals surface area contributed by atoms with Gasteiger partial charge in [0.15, 0.2) is 6.61 Å². The van der Waals surface area contributed by atoms with Crippen molar-refractivity contribution in [1.82, 2.24) is 0 Å². The molecule has 0 aliphatic carbocycles. The normalized spacial score (nSPS) is 10.3. The first-order valence-electron chi connectivity index (χ1n) is 4.07. The van der Waals surface area contributed by atoms with Crippen LogP contribution in [0, 0.1) is 0 Å². The molecule has 0 aliphatic heterocycles. The lowest BCUT2D eigenvalue weighted by molar-refractivity contribution is -0.139. The topological polar surface area (TPSA) is 59.7 Å². The van der Waals surface area contributed by atoms with Gasteiger partial charge in [-0.1, -0.05) is 0 Å². The molecule has 0 saturated carbocycles. The maximum absolute atomic E-state index is 10.2. The molecular formula is C10H8O4. The molecule has 1 N–H and O–H groups in total. The molecule has 1 heterocycles. The van der Waals surface area contributed by atoms with Crippen LogP contribution in [0.2, 0.25) is 0 Å². The lowest BCUT2D eigenvalue weighted by atomic mass is 10.2. The maximum Gasteiger partial charge on any atom is 0.341 e. The monoisotopic (exact) mass is 192 g/mol. The van der Waals surface area contributed by atoms with Crippen molar-refractivity contribution in [2.45, 2.75) is 0 Å². The summed E-state index contributed by atoms with van der Waals surface area (Å²) in [5, 5.41) is 9.37. The Morgan fingerprint density at radius 3 is 3.07 bits per heavy atom. The second-order valence-corrected chi connectivity index (χ2v) is 2.80. The third-order valence-electron chi connectivity index (χ3n) is 1.79. The fraction of sp³-hybridized carbons (Fsp3) is 0.100. The first-order valence-corrected chi connectivity index (χ1v) is 4.07. The first-order chi connectivity index (χ1) is 6.75. The summed E-state index contributed by atoms with van der Waals surface area (Å²) in [7, 11) is 0. The molecule has 0 atom stereocenters. The minimum absolute atomic E-state index is 0.341. The lowest BCUT2D eigenvalue weighted by Crippen LogP contribution is -2.09. The number of aliphatic carboxylic acids is 1. The van der Waals surface area contributed by atoms with Gasteiger partial charge in [-0.25, -0.2) is 4.79 Å². The fourth-order valence-corrected chi connectivity index (χ4v) is 1.17. The van der Waals surface area contributed by atoms with Gasteiger partial charge in [0, 0.05) is 11.5 Å². The summed E-state index contributed by atoms with van der Waals surface area (Å²) < 4.78 is 10.1. The van der Waals surface area contributed by atoms with Crippen LogP contribution < -0.4 is 4.74 Å². The molecule has 4 nitrogen and oxygen atoms in total. The number of ether oxygens (including phenoxy) is 1. The van der Waals surface area contributed by atoms with Crippen LogP contribution in [0.25, 0.3) is 11.0 Å². The van der Waals surface area contributed by atoms with Gasteiger partial charge in [-0.05, 0) is 18.2 Å². The van der Waals surface area contributed by atoms with Crippen molar-refractivity contribution >= 4 is 16.9 Å². The van der Waals surface area contributed by atoms with Gasteiger partial charge >= 0.3 is 5.97 Å². The Labute approximate surface area is 79.7 Å². The summed E-state index contributed by atoms with van der Waals surface area (Å²) in [6, 6.07) is 7.02. The van der Waals surface area contributed by atoms with Crippen LogP contribution in [0.15, 0.2) is 34.9 Å². The van der Waals surface area contributed by atoms with Gasteiger partial charge in [0.1, 0.15) is 11.3 Å². The molecule has 0 amide bonds. The highest BCUT2D eigenvalue weighted by atomic mass is 16.5. The number of hydrogen-bond donors (Lipinski definition) is 1. The zero-order chi connectivity index (χ0) is 9.97. The van der Waals surface area contributed by atoms with E-state index in [2.05, 4.69) is 0 Å². The van der Waals surface area contributed by atoms with E-state index in [1.54, 1.807) is 18.4 Å². The standard InChI is InChI=1S/C10H8O4/c11-10(12)6-14-8-2-1-7-3-4-13-9(7)5-8/h1-5H,6H2,(H,11,12). The van der Waals surface area contributed by atoms with E-state index in [1.807, 2.05) is 12.1 Å². The molecule has 2 aromatic rings. The molecule has 0 saturated heterocycles. The molecule has 14 heavy (non-hydrogen) atoms. The van der Waals surface area contributed by atoms with Crippen LogP contribution in [-0.2, 0) is 4.79 Å². The van der Waals surface area contributed by atoms with Gasteiger partial charge in [-0.15, -0.1) is 0 Å². The highest BCUT2D eigenvalue weighted by Gasteiger charge is 2.01. The lowest BCUT2D eigenvalue weighted by Gasteiger charge is -2.01. The van der Waals surface area contributed by atoms with Gasteiger partial charge in [-0.2, -0.15) is 0 Å². The van der Waals surface area contributed by atoms with Crippen molar-refractivity contribution in [3.05, 3.63) is 30.5 Å². The van der Waals surface area contributed by atoms with Crippen molar-refractivity contribution < 1.29 is 19.1 Å². The minimum Gasteiger partial charge on any atom is -0.482 e. The van der Waals surface area contributed by atoms with Crippen LogP contribution in [-0.4, -0.2) is 17.7 Å². The van der Waals surface area contributed by atoms with Crippen molar-refractivity contribution in [1.29, 1.82) is 0 Å². The van der Waals surface area contributed by atoms with Crippen molar-refractivity contribution in [3.63, 3.8) is 0 Å². The number of rotatable bonds is 3. The zero-order valence-corrected chi connectivity index (χ0v) is 7.27. The Kier molecular flexibility index (Phi) is 2.10. The van der Waals surface area contributed by atoms with E-state index in [-0.39, 0.29) is 6.61 Å². The van der Waals surface area contributed by atoms with Gasteiger partial charge in [0.2, 0.25) is 0 Å². The van der Waals surface area contributed by atoms with Crippen molar-refractivity contribution in [2.75, 3.05) is 6.61 Å². The van der Waals surface area contributed by atoms with Crippen LogP contribution >= 0.6 is 0 Å². The Balaban J connectivity index is 2.21. The van der Waals surface area contributed by atoms with Gasteiger partial charge in [0.05, 0.1) is 6.26 Å². The van der Waals surface area contributed by atoms with E-state index in [9.17, 15) is 4.79 Å². The van der Waals surface area contributed by atoms with Gasteiger partial charge < -0.3 is 14.3 Å². The van der Waals surface area contributed by atoms with E-state index in [4.69, 9.17) is 14.3 Å². The number of benzene rings is 1. The van der Waals surface area contributed by atoms with E-state index >= 15 is 0 Å². The van der Waals surface area contributed by atoms with Crippen LogP contribution in [0.4, 0.5) is 0 Å². The molecule has 4 heteroatoms. The molecule has 72 valence electrons. The summed E-state index contributed by atoms with van der Waals surface area (Å²) in [6.07, 6.45) is 1.58. The maximum atomic E-state index is 10.2. The second kappa shape index (κ2) is 3.41. The third kappa shape index (κ3) is 1.69. The third-order valence-corrected chi connectivity index (χ3v) is 1.79. The predicted molar refractivity (Wildman–Crippen MR) is 49.3 cm³/mol. The molecule has 0 fully saturated rings. The Hall–Kier alpha value is -1.97. The summed E-state index contributed by atoms with van der Waals surface area (Å²) in [5.74, 6) is -0.501. The Morgan fingerprint density at radius 1 is 1.43 bits per heavy atom. The smallest absolute Gasteiger partial charge is 0.341 e. The average molecular weight is 192 g/mol. The molecule has 0 aliphatic rings. The van der Waals surface area contributed by atoms with Crippen LogP contribution in [0.1, 0.15) is 0 Å². The quantitative estimate of drug-likeness (QED) is 0.806. The molecule has 0 bridgehead atoms. The molecule has 1 aromatic heterocycles. The molecule has 2 rings (SSSR count). The molecule has 0 radical (unpaired) electrons. The number of furan rings is 1. The number of fused-ring (bicyclic) bond motifs is 1. The summed E-state index contributed by atoms with van der Waals surface area (Å²) in [4.78, 5) is 10.2. The average Bonchev–Trinajstić information content (AvgIpc) is 2.61. The summed E-state index contributed by atoms with van der Waals surface area (Å²) in [6.45, 7) is -0.341. The molecule has 0 unspecified atom stereocenters. The number of carboxylic acid groups (broad SMARTS) is 1. The largest absolute Gasteiger partial charge is 0.482 e. The van der Waals surface area contributed by atoms with Crippen LogP contribution in [0.3, 0.4) is 0 Å². The zero-order valence-electron chi connectivity index (χ0n) is 7.27. The number of hydrogen-bond acceptors (Lipinski definition) is 3. The fourth-order valence-electron chi connectivity index (χ4n) is 1.17. The summed E-state index contributed by atoms with van der Waals surface area (Å²) >= 11 is 0. The van der Waals surface area contributed by atoms with Gasteiger partial charge in [0.25, 0.3) is 0 Å². The Morgan fingerprint density at radius 2 is 2.29 bits per heavy atom. The van der Waals surface area contributed by atoms with E-state index in [1.165, 1.54) is 0 Å². The molecule has 1 aromatic carbocycles. The Bertz CT molecular complexity index is 458. The van der Waals surface area contributed by atoms with Crippen molar-refractivity contribution in [3.8, 4) is 5.75 Å².